The van der Waals surface area contributed by atoms with Crippen LogP contribution in [0.1, 0.15) is 22.1 Å². The molecule has 0 fully saturated rings. The molecule has 0 spiro atoms. The first-order valence-corrected chi connectivity index (χ1v) is 8.23. The van der Waals surface area contributed by atoms with Crippen molar-refractivity contribution >= 4 is 11.6 Å². The van der Waals surface area contributed by atoms with Gasteiger partial charge in [-0.25, -0.2) is 9.78 Å². The number of carbonyl (C=O) groups excluding carboxylic acids is 1. The highest BCUT2D eigenvalue weighted by atomic mass is 16.6. The van der Waals surface area contributed by atoms with Crippen molar-refractivity contribution in [3.63, 3.8) is 0 Å². The molecule has 0 N–H and O–H groups in total. The minimum absolute atomic E-state index is 0.145. The van der Waals surface area contributed by atoms with E-state index in [0.29, 0.717) is 22.8 Å². The monoisotopic (exact) mass is 364 g/mol. The number of aromatic nitrogens is 4. The van der Waals surface area contributed by atoms with Gasteiger partial charge in [0.25, 0.3) is 5.89 Å². The number of imidazole rings is 1. The zero-order chi connectivity index (χ0) is 18.8. The molecule has 4 aromatic rings. The van der Waals surface area contributed by atoms with Crippen LogP contribution in [0.25, 0.3) is 17.0 Å². The van der Waals surface area contributed by atoms with Crippen LogP contribution in [0.5, 0.6) is 5.75 Å². The maximum Gasteiger partial charge on any atom is 0.359 e. The Bertz CT molecular complexity index is 1120. The van der Waals surface area contributed by atoms with Gasteiger partial charge in [-0.05, 0) is 31.2 Å². The maximum atomic E-state index is 12.3. The van der Waals surface area contributed by atoms with Gasteiger partial charge >= 0.3 is 5.97 Å². The quantitative estimate of drug-likeness (QED) is 0.503. The van der Waals surface area contributed by atoms with E-state index in [-0.39, 0.29) is 18.2 Å². The van der Waals surface area contributed by atoms with Crippen LogP contribution in [0, 0.1) is 6.92 Å². The Balaban J connectivity index is 1.48. The summed E-state index contributed by atoms with van der Waals surface area (Å²) in [5.41, 5.74) is 2.56. The Hall–Kier alpha value is -3.68. The van der Waals surface area contributed by atoms with Crippen molar-refractivity contribution in [3.8, 4) is 17.1 Å². The highest BCUT2D eigenvalue weighted by Gasteiger charge is 2.17. The third kappa shape index (κ3) is 3.24. The summed E-state index contributed by atoms with van der Waals surface area (Å²) in [6, 6.07) is 12.9. The van der Waals surface area contributed by atoms with Gasteiger partial charge in [-0.2, -0.15) is 4.98 Å². The standard InChI is InChI=1S/C19H16N4O4/c1-12-6-5-9-16-20-14(10-23(12)16)19(24)26-11-17-21-18(22-27-17)13-7-3-4-8-15(13)25-2/h3-10H,11H2,1-2H3. The molecule has 3 heterocycles. The summed E-state index contributed by atoms with van der Waals surface area (Å²) in [6.07, 6.45) is 1.64. The number of methoxy groups -OCH3 is 1. The molecule has 8 nitrogen and oxygen atoms in total. The van der Waals surface area contributed by atoms with Crippen molar-refractivity contribution in [2.24, 2.45) is 0 Å². The summed E-state index contributed by atoms with van der Waals surface area (Å²) in [5.74, 6) is 0.614. The molecule has 1 aromatic carbocycles. The number of nitrogens with zero attached hydrogens (tertiary/aromatic N) is 4. The van der Waals surface area contributed by atoms with Crippen LogP contribution in [0.15, 0.2) is 53.2 Å². The average molecular weight is 364 g/mol. The van der Waals surface area contributed by atoms with Crippen LogP contribution in [0.2, 0.25) is 0 Å². The zero-order valence-electron chi connectivity index (χ0n) is 14.7. The Morgan fingerprint density at radius 2 is 2.00 bits per heavy atom. The van der Waals surface area contributed by atoms with Crippen molar-refractivity contribution in [1.29, 1.82) is 0 Å². The molecule has 0 aliphatic rings. The van der Waals surface area contributed by atoms with Gasteiger partial charge < -0.3 is 18.4 Å². The molecule has 0 saturated heterocycles. The van der Waals surface area contributed by atoms with Gasteiger partial charge in [-0.15, -0.1) is 0 Å². The lowest BCUT2D eigenvalue weighted by molar-refractivity contribution is 0.0423. The average Bonchev–Trinajstić information content (AvgIpc) is 3.34. The topological polar surface area (TPSA) is 91.8 Å². The smallest absolute Gasteiger partial charge is 0.359 e. The van der Waals surface area contributed by atoms with E-state index in [2.05, 4.69) is 15.1 Å². The lowest BCUT2D eigenvalue weighted by atomic mass is 10.2. The number of aryl methyl sites for hydroxylation is 1. The highest BCUT2D eigenvalue weighted by Crippen LogP contribution is 2.27. The Morgan fingerprint density at radius 3 is 2.81 bits per heavy atom. The molecule has 0 bridgehead atoms. The first-order chi connectivity index (χ1) is 13.2. The normalized spacial score (nSPS) is 10.9. The van der Waals surface area contributed by atoms with Gasteiger partial charge in [0.05, 0.1) is 12.7 Å². The third-order valence-electron chi connectivity index (χ3n) is 4.05. The summed E-state index contributed by atoms with van der Waals surface area (Å²) in [6.45, 7) is 1.79. The van der Waals surface area contributed by atoms with E-state index < -0.39 is 5.97 Å². The first kappa shape index (κ1) is 16.8. The Labute approximate surface area is 154 Å². The number of benzene rings is 1. The fourth-order valence-electron chi connectivity index (χ4n) is 2.70. The summed E-state index contributed by atoms with van der Waals surface area (Å²) >= 11 is 0. The minimum Gasteiger partial charge on any atom is -0.496 e. The van der Waals surface area contributed by atoms with Gasteiger partial charge in [0.1, 0.15) is 11.4 Å². The molecule has 4 rings (SSSR count). The Morgan fingerprint density at radius 1 is 1.15 bits per heavy atom. The van der Waals surface area contributed by atoms with Crippen molar-refractivity contribution in [3.05, 3.63) is 65.9 Å². The van der Waals surface area contributed by atoms with E-state index in [0.717, 1.165) is 5.69 Å². The van der Waals surface area contributed by atoms with E-state index in [9.17, 15) is 4.79 Å². The molecule has 0 aliphatic heterocycles. The van der Waals surface area contributed by atoms with Crippen molar-refractivity contribution < 1.29 is 18.8 Å². The van der Waals surface area contributed by atoms with Crippen LogP contribution in [0.4, 0.5) is 0 Å². The number of para-hydroxylation sites is 1. The van der Waals surface area contributed by atoms with E-state index in [4.69, 9.17) is 14.0 Å². The van der Waals surface area contributed by atoms with Crippen molar-refractivity contribution in [2.45, 2.75) is 13.5 Å². The molecule has 136 valence electrons. The van der Waals surface area contributed by atoms with E-state index in [1.807, 2.05) is 47.7 Å². The second-order valence-corrected chi connectivity index (χ2v) is 5.81. The van der Waals surface area contributed by atoms with Gasteiger partial charge in [0, 0.05) is 11.9 Å². The number of carbonyl (C=O) groups is 1. The number of esters is 1. The van der Waals surface area contributed by atoms with Crippen molar-refractivity contribution in [2.75, 3.05) is 7.11 Å². The minimum atomic E-state index is -0.560. The number of hydrogen-bond donors (Lipinski definition) is 0. The number of ether oxygens (including phenoxy) is 2. The van der Waals surface area contributed by atoms with Gasteiger partial charge in [0.2, 0.25) is 5.82 Å². The third-order valence-corrected chi connectivity index (χ3v) is 4.05. The SMILES string of the molecule is COc1ccccc1-c1noc(COC(=O)c2cn3c(C)cccc3n2)n1. The molecular formula is C19H16N4O4. The predicted molar refractivity (Wildman–Crippen MR) is 95.3 cm³/mol. The second kappa shape index (κ2) is 6.91. The summed E-state index contributed by atoms with van der Waals surface area (Å²) in [7, 11) is 1.57. The summed E-state index contributed by atoms with van der Waals surface area (Å²) in [4.78, 5) is 20.8. The number of hydrogen-bond acceptors (Lipinski definition) is 7. The van der Waals surface area contributed by atoms with E-state index in [1.165, 1.54) is 0 Å². The number of rotatable bonds is 5. The number of fused-ring (bicyclic) bond motifs is 1. The molecule has 0 aliphatic carbocycles. The first-order valence-electron chi connectivity index (χ1n) is 8.23. The lowest BCUT2D eigenvalue weighted by Gasteiger charge is -2.03. The van der Waals surface area contributed by atoms with Gasteiger partial charge in [-0.1, -0.05) is 23.4 Å². The summed E-state index contributed by atoms with van der Waals surface area (Å²) < 4.78 is 17.5. The Kier molecular flexibility index (Phi) is 4.29. The predicted octanol–water partition coefficient (Wildman–Crippen LogP) is 3.06. The van der Waals surface area contributed by atoms with Crippen molar-refractivity contribution in [1.82, 2.24) is 19.5 Å². The second-order valence-electron chi connectivity index (χ2n) is 5.81. The van der Waals surface area contributed by atoms with Crippen LogP contribution in [-0.4, -0.2) is 32.6 Å². The van der Waals surface area contributed by atoms with E-state index >= 15 is 0 Å². The van der Waals surface area contributed by atoms with E-state index in [1.54, 1.807) is 19.4 Å². The van der Waals surface area contributed by atoms with Gasteiger partial charge in [0.15, 0.2) is 12.3 Å². The van der Waals surface area contributed by atoms with Crippen LogP contribution >= 0.6 is 0 Å². The molecule has 0 unspecified atom stereocenters. The molecule has 0 amide bonds. The largest absolute Gasteiger partial charge is 0.496 e. The fraction of sp³-hybridized carbons (Fsp3) is 0.158. The molecule has 8 heteroatoms. The fourth-order valence-corrected chi connectivity index (χ4v) is 2.70. The van der Waals surface area contributed by atoms with Gasteiger partial charge in [-0.3, -0.25) is 0 Å². The zero-order valence-corrected chi connectivity index (χ0v) is 14.7. The molecular weight excluding hydrogens is 348 g/mol. The molecule has 27 heavy (non-hydrogen) atoms. The molecule has 3 aromatic heterocycles. The maximum absolute atomic E-state index is 12.3. The molecule has 0 radical (unpaired) electrons. The number of pyridine rings is 1. The van der Waals surface area contributed by atoms with Crippen LogP contribution < -0.4 is 4.74 Å². The van der Waals surface area contributed by atoms with Crippen LogP contribution in [0.3, 0.4) is 0 Å². The molecule has 0 atom stereocenters. The summed E-state index contributed by atoms with van der Waals surface area (Å²) in [5, 5.41) is 3.91. The van der Waals surface area contributed by atoms with Crippen LogP contribution in [-0.2, 0) is 11.3 Å². The lowest BCUT2D eigenvalue weighted by Crippen LogP contribution is -2.05. The highest BCUT2D eigenvalue weighted by molar-refractivity contribution is 5.88. The molecule has 0 saturated carbocycles.